The Hall–Kier alpha value is -2.78. The van der Waals surface area contributed by atoms with E-state index in [-0.39, 0.29) is 16.0 Å². The molecule has 0 aliphatic carbocycles. The Labute approximate surface area is 212 Å². The molecule has 1 heterocycles. The third-order valence-corrected chi connectivity index (χ3v) is 7.84. The molecule has 0 saturated carbocycles. The van der Waals surface area contributed by atoms with Gasteiger partial charge in [-0.2, -0.15) is 8.42 Å². The number of amidine groups is 1. The molecular formula is C26H32N2O5S2. The topological polar surface area (TPSA) is 85.3 Å². The van der Waals surface area contributed by atoms with E-state index in [4.69, 9.17) is 9.47 Å². The molecule has 188 valence electrons. The lowest BCUT2D eigenvalue weighted by molar-refractivity contribution is -0.122. The van der Waals surface area contributed by atoms with Crippen LogP contribution in [-0.2, 0) is 14.8 Å². The zero-order valence-corrected chi connectivity index (χ0v) is 22.0. The molecule has 0 aromatic heterocycles. The van der Waals surface area contributed by atoms with E-state index in [1.807, 2.05) is 12.1 Å². The summed E-state index contributed by atoms with van der Waals surface area (Å²) < 4.78 is 40.8. The number of benzene rings is 2. The maximum Gasteiger partial charge on any atom is 0.284 e. The zero-order chi connectivity index (χ0) is 25.3. The van der Waals surface area contributed by atoms with E-state index in [0.29, 0.717) is 29.6 Å². The van der Waals surface area contributed by atoms with E-state index in [1.165, 1.54) is 36.3 Å². The normalized spacial score (nSPS) is 16.3. The summed E-state index contributed by atoms with van der Waals surface area (Å²) in [5, 5.41) is 0.141. The quantitative estimate of drug-likeness (QED) is 0.265. The zero-order valence-electron chi connectivity index (χ0n) is 20.4. The number of likely N-dealkylation sites (N-methyl/N-ethyl adjacent to an activating group) is 1. The monoisotopic (exact) mass is 516 g/mol. The average Bonchev–Trinajstić information content (AvgIpc) is 3.15. The van der Waals surface area contributed by atoms with Crippen molar-refractivity contribution < 1.29 is 22.7 Å². The summed E-state index contributed by atoms with van der Waals surface area (Å²) in [6, 6.07) is 13.4. The average molecular weight is 517 g/mol. The molecule has 1 aliphatic heterocycles. The number of ether oxygens (including phenoxy) is 2. The van der Waals surface area contributed by atoms with Crippen LogP contribution in [0.25, 0.3) is 6.08 Å². The summed E-state index contributed by atoms with van der Waals surface area (Å²) in [5.41, 5.74) is 0.746. The summed E-state index contributed by atoms with van der Waals surface area (Å²) in [4.78, 5) is 14.8. The van der Waals surface area contributed by atoms with Crippen LogP contribution in [0.1, 0.15) is 51.5 Å². The first-order valence-corrected chi connectivity index (χ1v) is 14.1. The largest absolute Gasteiger partial charge is 0.493 e. The highest BCUT2D eigenvalue weighted by molar-refractivity contribution is 8.19. The Morgan fingerprint density at radius 1 is 1.00 bits per heavy atom. The van der Waals surface area contributed by atoms with Gasteiger partial charge in [-0.25, -0.2) is 0 Å². The summed E-state index contributed by atoms with van der Waals surface area (Å²) in [6.45, 7) is 4.90. The Morgan fingerprint density at radius 3 is 2.43 bits per heavy atom. The molecule has 1 aliphatic rings. The van der Waals surface area contributed by atoms with Gasteiger partial charge in [0.05, 0.1) is 23.5 Å². The number of sulfonamides is 1. The second-order valence-corrected chi connectivity index (χ2v) is 10.6. The molecule has 0 radical (unpaired) electrons. The SMILES string of the molecule is CCCCCCCOc1ccc(C=C2SC(=NS(=O)(=O)c3ccccc3)N(CC)C2=O)cc1OC. The first-order chi connectivity index (χ1) is 16.9. The van der Waals surface area contributed by atoms with Gasteiger partial charge in [0.1, 0.15) is 0 Å². The molecular weight excluding hydrogens is 484 g/mol. The van der Waals surface area contributed by atoms with Crippen LogP contribution in [0.4, 0.5) is 0 Å². The second kappa shape index (κ2) is 12.8. The van der Waals surface area contributed by atoms with E-state index >= 15 is 0 Å². The molecule has 0 unspecified atom stereocenters. The van der Waals surface area contributed by atoms with E-state index < -0.39 is 10.0 Å². The fourth-order valence-electron chi connectivity index (χ4n) is 3.54. The minimum absolute atomic E-state index is 0.0831. The number of unbranched alkanes of at least 4 members (excludes halogenated alkanes) is 4. The van der Waals surface area contributed by atoms with Crippen molar-refractivity contribution in [2.75, 3.05) is 20.3 Å². The van der Waals surface area contributed by atoms with Crippen molar-refractivity contribution in [3.63, 3.8) is 0 Å². The van der Waals surface area contributed by atoms with Crippen LogP contribution in [0.3, 0.4) is 0 Å². The van der Waals surface area contributed by atoms with Crippen molar-refractivity contribution in [3.05, 3.63) is 59.0 Å². The summed E-state index contributed by atoms with van der Waals surface area (Å²) >= 11 is 1.05. The first kappa shape index (κ1) is 26.8. The van der Waals surface area contributed by atoms with E-state index in [1.54, 1.807) is 44.4 Å². The maximum atomic E-state index is 12.9. The van der Waals surface area contributed by atoms with Crippen molar-refractivity contribution in [2.24, 2.45) is 4.40 Å². The third kappa shape index (κ3) is 7.11. The van der Waals surface area contributed by atoms with Gasteiger partial charge in [-0.05, 0) is 61.0 Å². The van der Waals surface area contributed by atoms with Crippen LogP contribution in [0.2, 0.25) is 0 Å². The molecule has 0 spiro atoms. The number of carbonyl (C=O) groups is 1. The van der Waals surface area contributed by atoms with Gasteiger partial charge in [0.2, 0.25) is 0 Å². The fraction of sp³-hybridized carbons (Fsp3) is 0.385. The van der Waals surface area contributed by atoms with Gasteiger partial charge < -0.3 is 9.47 Å². The Kier molecular flexibility index (Phi) is 9.80. The van der Waals surface area contributed by atoms with Gasteiger partial charge in [-0.15, -0.1) is 4.40 Å². The van der Waals surface area contributed by atoms with Crippen LogP contribution >= 0.6 is 11.8 Å². The van der Waals surface area contributed by atoms with Gasteiger partial charge in [-0.1, -0.05) is 56.9 Å². The summed E-state index contributed by atoms with van der Waals surface area (Å²) in [5.74, 6) is 0.948. The second-order valence-electron chi connectivity index (χ2n) is 8.00. The summed E-state index contributed by atoms with van der Waals surface area (Å²) in [7, 11) is -2.35. The number of rotatable bonds is 12. The van der Waals surface area contributed by atoms with Gasteiger partial charge >= 0.3 is 0 Å². The number of thioether (sulfide) groups is 1. The number of nitrogens with zero attached hydrogens (tertiary/aromatic N) is 2. The molecule has 0 atom stereocenters. The van der Waals surface area contributed by atoms with E-state index in [2.05, 4.69) is 11.3 Å². The van der Waals surface area contributed by atoms with E-state index in [9.17, 15) is 13.2 Å². The lowest BCUT2D eigenvalue weighted by atomic mass is 10.1. The molecule has 2 aromatic rings. The van der Waals surface area contributed by atoms with Gasteiger partial charge in [0, 0.05) is 6.54 Å². The molecule has 3 rings (SSSR count). The van der Waals surface area contributed by atoms with Crippen molar-refractivity contribution in [2.45, 2.75) is 50.8 Å². The molecule has 1 saturated heterocycles. The number of hydrogen-bond donors (Lipinski definition) is 0. The van der Waals surface area contributed by atoms with Gasteiger partial charge in [0.25, 0.3) is 15.9 Å². The molecule has 2 aromatic carbocycles. The van der Waals surface area contributed by atoms with Crippen molar-refractivity contribution in [1.29, 1.82) is 0 Å². The minimum Gasteiger partial charge on any atom is -0.493 e. The highest BCUT2D eigenvalue weighted by atomic mass is 32.2. The highest BCUT2D eigenvalue weighted by Crippen LogP contribution is 2.35. The predicted molar refractivity (Wildman–Crippen MR) is 141 cm³/mol. The first-order valence-electron chi connectivity index (χ1n) is 11.8. The van der Waals surface area contributed by atoms with E-state index in [0.717, 1.165) is 30.2 Å². The smallest absolute Gasteiger partial charge is 0.284 e. The lowest BCUT2D eigenvalue weighted by Crippen LogP contribution is -2.29. The Balaban J connectivity index is 1.77. The predicted octanol–water partition coefficient (Wildman–Crippen LogP) is 5.73. The highest BCUT2D eigenvalue weighted by Gasteiger charge is 2.34. The Morgan fingerprint density at radius 2 is 1.74 bits per heavy atom. The van der Waals surface area contributed by atoms with Crippen molar-refractivity contribution in [1.82, 2.24) is 4.90 Å². The minimum atomic E-state index is -3.93. The van der Waals surface area contributed by atoms with Crippen LogP contribution in [0.5, 0.6) is 11.5 Å². The molecule has 0 bridgehead atoms. The third-order valence-electron chi connectivity index (χ3n) is 5.43. The number of hydrogen-bond acceptors (Lipinski definition) is 6. The Bertz CT molecular complexity index is 1180. The van der Waals surface area contributed by atoms with Gasteiger partial charge in [0.15, 0.2) is 16.7 Å². The molecule has 7 nitrogen and oxygen atoms in total. The van der Waals surface area contributed by atoms with Gasteiger partial charge in [-0.3, -0.25) is 9.69 Å². The maximum absolute atomic E-state index is 12.9. The standard InChI is InChI=1S/C26H32N2O5S2/c1-4-6-7-8-12-17-33-22-16-15-20(18-23(22)32-3)19-24-25(29)28(5-2)26(34-24)27-35(30,31)21-13-10-9-11-14-21/h9-11,13-16,18-19H,4-8,12,17H2,1-3H3. The van der Waals surface area contributed by atoms with Crippen LogP contribution in [0, 0.1) is 0 Å². The van der Waals surface area contributed by atoms with Crippen LogP contribution < -0.4 is 9.47 Å². The van der Waals surface area contributed by atoms with Crippen molar-refractivity contribution in [3.8, 4) is 11.5 Å². The van der Waals surface area contributed by atoms with Crippen LogP contribution in [0.15, 0.2) is 62.7 Å². The number of methoxy groups -OCH3 is 1. The number of amides is 1. The molecule has 1 fully saturated rings. The number of carbonyl (C=O) groups excluding carboxylic acids is 1. The molecule has 35 heavy (non-hydrogen) atoms. The molecule has 1 amide bonds. The molecule has 9 heteroatoms. The molecule has 0 N–H and O–H groups in total. The van der Waals surface area contributed by atoms with Crippen molar-refractivity contribution >= 4 is 38.9 Å². The summed E-state index contributed by atoms with van der Waals surface area (Å²) in [6.07, 6.45) is 7.49. The lowest BCUT2D eigenvalue weighted by Gasteiger charge is -2.12. The fourth-order valence-corrected chi connectivity index (χ4v) is 5.80. The van der Waals surface area contributed by atoms with Crippen LogP contribution in [-0.4, -0.2) is 44.7 Å².